The van der Waals surface area contributed by atoms with Gasteiger partial charge < -0.3 is 10.1 Å². The second kappa shape index (κ2) is 14.9. The first-order chi connectivity index (χ1) is 15.2. The summed E-state index contributed by atoms with van der Waals surface area (Å²) in [6.45, 7) is 7.04. The molecule has 0 aliphatic carbocycles. The summed E-state index contributed by atoms with van der Waals surface area (Å²) in [5, 5.41) is 7.12. The zero-order valence-electron chi connectivity index (χ0n) is 19.0. The number of rotatable bonds is 12. The summed E-state index contributed by atoms with van der Waals surface area (Å²) in [7, 11) is 0. The van der Waals surface area contributed by atoms with Gasteiger partial charge in [-0.1, -0.05) is 76.6 Å². The van der Waals surface area contributed by atoms with Crippen LogP contribution in [0.15, 0.2) is 53.9 Å². The number of nitrogens with zero attached hydrogens (tertiary/aromatic N) is 1. The number of hydrogen-bond donors (Lipinski definition) is 1. The van der Waals surface area contributed by atoms with E-state index in [9.17, 15) is 0 Å². The van der Waals surface area contributed by atoms with Crippen LogP contribution < -0.4 is 10.1 Å². The number of unbranched alkanes of at least 4 members (excludes halogenated alkanes) is 5. The molecule has 0 atom stereocenters. The molecule has 1 heterocycles. The highest BCUT2D eigenvalue weighted by Gasteiger charge is 2.04. The Bertz CT molecular complexity index is 847. The van der Waals surface area contributed by atoms with Crippen LogP contribution in [0.4, 0.5) is 10.8 Å². The first kappa shape index (κ1) is 25.2. The van der Waals surface area contributed by atoms with Crippen molar-refractivity contribution in [3.63, 3.8) is 0 Å². The molecule has 0 aliphatic rings. The second-order valence-corrected chi connectivity index (χ2v) is 8.51. The van der Waals surface area contributed by atoms with Crippen molar-refractivity contribution in [3.8, 4) is 5.75 Å². The van der Waals surface area contributed by atoms with Gasteiger partial charge in [-0.05, 0) is 48.4 Å². The predicted octanol–water partition coefficient (Wildman–Crippen LogP) is 8.90. The molecule has 1 aromatic heterocycles. The molecule has 3 rings (SSSR count). The van der Waals surface area contributed by atoms with Gasteiger partial charge in [0.2, 0.25) is 0 Å². The maximum atomic E-state index is 5.95. The number of anilines is 2. The number of aromatic nitrogens is 1. The summed E-state index contributed by atoms with van der Waals surface area (Å²) in [6.07, 6.45) is 8.48. The molecule has 0 saturated carbocycles. The molecule has 0 radical (unpaired) electrons. The van der Waals surface area contributed by atoms with Gasteiger partial charge in [0, 0.05) is 22.5 Å². The number of benzene rings is 2. The van der Waals surface area contributed by atoms with Crippen molar-refractivity contribution < 1.29 is 4.74 Å². The molecular formula is C26H35ClN2OS. The minimum Gasteiger partial charge on any atom is -0.494 e. The number of hydrogen-bond acceptors (Lipinski definition) is 4. The van der Waals surface area contributed by atoms with E-state index in [1.807, 2.05) is 62.4 Å². The largest absolute Gasteiger partial charge is 0.494 e. The van der Waals surface area contributed by atoms with Crippen molar-refractivity contribution in [2.24, 2.45) is 0 Å². The standard InChI is InChI=1S/C24H29ClN2OS.C2H6/c1-2-3-4-5-6-7-16-28-23-14-12-21(13-15-23)26-24-27-22(18-29-24)17-19-8-10-20(25)11-9-19;1-2/h8-15,18H,2-7,16-17H2,1H3,(H,26,27);1-2H3. The summed E-state index contributed by atoms with van der Waals surface area (Å²) in [5.74, 6) is 0.923. The molecular weight excluding hydrogens is 424 g/mol. The third-order valence-electron chi connectivity index (χ3n) is 4.72. The Balaban J connectivity index is 0.00000166. The monoisotopic (exact) mass is 458 g/mol. The third-order valence-corrected chi connectivity index (χ3v) is 5.78. The first-order valence-corrected chi connectivity index (χ1v) is 12.7. The molecule has 0 unspecified atom stereocenters. The molecule has 3 aromatic rings. The van der Waals surface area contributed by atoms with Gasteiger partial charge in [0.25, 0.3) is 0 Å². The number of ether oxygens (including phenoxy) is 1. The van der Waals surface area contributed by atoms with Crippen LogP contribution in [0.2, 0.25) is 5.02 Å². The predicted molar refractivity (Wildman–Crippen MR) is 136 cm³/mol. The molecule has 0 saturated heterocycles. The summed E-state index contributed by atoms with van der Waals surface area (Å²) in [5.41, 5.74) is 3.28. The molecule has 31 heavy (non-hydrogen) atoms. The molecule has 0 spiro atoms. The van der Waals surface area contributed by atoms with Crippen LogP contribution in [0.25, 0.3) is 0 Å². The Morgan fingerprint density at radius 3 is 2.29 bits per heavy atom. The van der Waals surface area contributed by atoms with Crippen LogP contribution in [0, 0.1) is 0 Å². The first-order valence-electron chi connectivity index (χ1n) is 11.4. The van der Waals surface area contributed by atoms with Crippen molar-refractivity contribution in [1.29, 1.82) is 0 Å². The Kier molecular flexibility index (Phi) is 12.1. The van der Waals surface area contributed by atoms with Crippen molar-refractivity contribution >= 4 is 33.8 Å². The lowest BCUT2D eigenvalue weighted by molar-refractivity contribution is 0.304. The van der Waals surface area contributed by atoms with E-state index in [0.29, 0.717) is 0 Å². The Hall–Kier alpha value is -2.04. The highest BCUT2D eigenvalue weighted by molar-refractivity contribution is 7.13. The Labute approximate surface area is 196 Å². The van der Waals surface area contributed by atoms with Gasteiger partial charge in [-0.3, -0.25) is 0 Å². The molecule has 3 nitrogen and oxygen atoms in total. The Morgan fingerprint density at radius 1 is 0.903 bits per heavy atom. The lowest BCUT2D eigenvalue weighted by Gasteiger charge is -2.08. The topological polar surface area (TPSA) is 34.1 Å². The van der Waals surface area contributed by atoms with E-state index in [1.54, 1.807) is 11.3 Å². The average molecular weight is 459 g/mol. The van der Waals surface area contributed by atoms with E-state index in [4.69, 9.17) is 16.3 Å². The highest BCUT2D eigenvalue weighted by Crippen LogP contribution is 2.24. The minimum absolute atomic E-state index is 0.758. The van der Waals surface area contributed by atoms with Gasteiger partial charge in [0.05, 0.1) is 12.3 Å². The highest BCUT2D eigenvalue weighted by atomic mass is 35.5. The maximum absolute atomic E-state index is 5.95. The van der Waals surface area contributed by atoms with Crippen molar-refractivity contribution in [1.82, 2.24) is 4.98 Å². The van der Waals surface area contributed by atoms with Gasteiger partial charge >= 0.3 is 0 Å². The fraction of sp³-hybridized carbons (Fsp3) is 0.423. The number of thiazole rings is 1. The van der Waals surface area contributed by atoms with Crippen LogP contribution >= 0.6 is 22.9 Å². The van der Waals surface area contributed by atoms with E-state index in [-0.39, 0.29) is 0 Å². The zero-order valence-corrected chi connectivity index (χ0v) is 20.6. The molecule has 2 aromatic carbocycles. The van der Waals surface area contributed by atoms with Crippen LogP contribution in [-0.4, -0.2) is 11.6 Å². The smallest absolute Gasteiger partial charge is 0.187 e. The zero-order chi connectivity index (χ0) is 22.3. The SMILES string of the molecule is CC.CCCCCCCCOc1ccc(Nc2nc(Cc3ccc(Cl)cc3)cs2)cc1. The molecule has 0 amide bonds. The van der Waals surface area contributed by atoms with Crippen LogP contribution in [0.5, 0.6) is 5.75 Å². The van der Waals surface area contributed by atoms with Gasteiger partial charge in [-0.15, -0.1) is 11.3 Å². The van der Waals surface area contributed by atoms with Crippen LogP contribution in [-0.2, 0) is 6.42 Å². The third kappa shape index (κ3) is 9.75. The summed E-state index contributed by atoms with van der Waals surface area (Å²) >= 11 is 7.56. The van der Waals surface area contributed by atoms with E-state index in [2.05, 4.69) is 22.6 Å². The molecule has 5 heteroatoms. The summed E-state index contributed by atoms with van der Waals surface area (Å²) in [4.78, 5) is 4.68. The molecule has 1 N–H and O–H groups in total. The molecule has 0 fully saturated rings. The second-order valence-electron chi connectivity index (χ2n) is 7.21. The molecule has 0 aliphatic heterocycles. The average Bonchev–Trinajstić information content (AvgIpc) is 3.24. The lowest BCUT2D eigenvalue weighted by atomic mass is 10.1. The van der Waals surface area contributed by atoms with Crippen molar-refractivity contribution in [2.45, 2.75) is 65.7 Å². The quantitative estimate of drug-likeness (QED) is 0.275. The van der Waals surface area contributed by atoms with E-state index in [1.165, 1.54) is 37.7 Å². The lowest BCUT2D eigenvalue weighted by Crippen LogP contribution is -1.97. The van der Waals surface area contributed by atoms with Crippen molar-refractivity contribution in [3.05, 3.63) is 70.2 Å². The normalized spacial score (nSPS) is 10.3. The fourth-order valence-electron chi connectivity index (χ4n) is 3.09. The number of nitrogens with one attached hydrogen (secondary N) is 1. The van der Waals surface area contributed by atoms with Crippen molar-refractivity contribution in [2.75, 3.05) is 11.9 Å². The molecule has 0 bridgehead atoms. The summed E-state index contributed by atoms with van der Waals surface area (Å²) in [6, 6.07) is 16.0. The van der Waals surface area contributed by atoms with Gasteiger partial charge in [-0.25, -0.2) is 4.98 Å². The van der Waals surface area contributed by atoms with E-state index >= 15 is 0 Å². The van der Waals surface area contributed by atoms with Gasteiger partial charge in [0.15, 0.2) is 5.13 Å². The van der Waals surface area contributed by atoms with E-state index < -0.39 is 0 Å². The number of halogens is 1. The minimum atomic E-state index is 0.758. The maximum Gasteiger partial charge on any atom is 0.187 e. The van der Waals surface area contributed by atoms with Gasteiger partial charge in [-0.2, -0.15) is 0 Å². The van der Waals surface area contributed by atoms with Crippen LogP contribution in [0.1, 0.15) is 70.6 Å². The van der Waals surface area contributed by atoms with Gasteiger partial charge in [0.1, 0.15) is 5.75 Å². The summed E-state index contributed by atoms with van der Waals surface area (Å²) < 4.78 is 5.85. The Morgan fingerprint density at radius 2 is 1.58 bits per heavy atom. The van der Waals surface area contributed by atoms with Crippen LogP contribution in [0.3, 0.4) is 0 Å². The fourth-order valence-corrected chi connectivity index (χ4v) is 3.94. The van der Waals surface area contributed by atoms with E-state index in [0.717, 1.165) is 46.7 Å². The molecule has 168 valence electrons.